The average molecular weight is 196 g/mol. The second-order valence-electron chi connectivity index (χ2n) is 3.06. The van der Waals surface area contributed by atoms with E-state index in [1.54, 1.807) is 7.11 Å². The summed E-state index contributed by atoms with van der Waals surface area (Å²) in [6, 6.07) is 8.23. The van der Waals surface area contributed by atoms with Crippen molar-refractivity contribution in [1.82, 2.24) is 0 Å². The fraction of sp³-hybridized carbons (Fsp3) is 0.455. The third-order valence-electron chi connectivity index (χ3n) is 2.30. The fourth-order valence-corrected chi connectivity index (χ4v) is 1.82. The first-order valence-corrected chi connectivity index (χ1v) is 5.19. The van der Waals surface area contributed by atoms with Crippen LogP contribution in [0.4, 0.5) is 0 Å². The van der Waals surface area contributed by atoms with E-state index in [0.29, 0.717) is 5.92 Å². The van der Waals surface area contributed by atoms with Crippen molar-refractivity contribution in [3.05, 3.63) is 29.8 Å². The highest BCUT2D eigenvalue weighted by molar-refractivity contribution is 7.80. The molecule has 0 aliphatic carbocycles. The van der Waals surface area contributed by atoms with Crippen LogP contribution in [-0.4, -0.2) is 12.9 Å². The van der Waals surface area contributed by atoms with Crippen LogP contribution in [0.5, 0.6) is 5.75 Å². The van der Waals surface area contributed by atoms with E-state index in [0.717, 1.165) is 17.9 Å². The number of thiol groups is 1. The van der Waals surface area contributed by atoms with E-state index in [-0.39, 0.29) is 0 Å². The lowest BCUT2D eigenvalue weighted by molar-refractivity contribution is 0.414. The van der Waals surface area contributed by atoms with E-state index in [2.05, 4.69) is 31.7 Å². The average Bonchev–Trinajstić information content (AvgIpc) is 2.21. The fourth-order valence-electron chi connectivity index (χ4n) is 1.35. The molecule has 1 rings (SSSR count). The first-order chi connectivity index (χ1) is 6.31. The molecule has 0 aliphatic rings. The van der Waals surface area contributed by atoms with E-state index < -0.39 is 0 Å². The number of hydrogen-bond acceptors (Lipinski definition) is 2. The minimum absolute atomic E-state index is 0.564. The third kappa shape index (κ3) is 2.66. The van der Waals surface area contributed by atoms with Crippen LogP contribution in [-0.2, 0) is 0 Å². The van der Waals surface area contributed by atoms with Crippen LogP contribution < -0.4 is 4.74 Å². The Morgan fingerprint density at radius 3 is 2.31 bits per heavy atom. The monoisotopic (exact) mass is 196 g/mol. The molecule has 1 nitrogen and oxygen atoms in total. The molecule has 0 amide bonds. The molecule has 0 aromatic heterocycles. The van der Waals surface area contributed by atoms with Gasteiger partial charge in [-0.15, -0.1) is 0 Å². The molecule has 1 aromatic carbocycles. The summed E-state index contributed by atoms with van der Waals surface area (Å²) in [5.41, 5.74) is 1.35. The van der Waals surface area contributed by atoms with Crippen molar-refractivity contribution in [3.8, 4) is 5.75 Å². The van der Waals surface area contributed by atoms with Gasteiger partial charge in [-0.2, -0.15) is 12.6 Å². The predicted molar refractivity (Wildman–Crippen MR) is 59.9 cm³/mol. The van der Waals surface area contributed by atoms with Crippen molar-refractivity contribution in [2.45, 2.75) is 19.3 Å². The molecule has 0 fully saturated rings. The zero-order valence-electron chi connectivity index (χ0n) is 8.16. The molecule has 0 aliphatic heterocycles. The van der Waals surface area contributed by atoms with Crippen molar-refractivity contribution >= 4 is 12.6 Å². The highest BCUT2D eigenvalue weighted by Gasteiger charge is 2.06. The molecule has 1 atom stereocenters. The van der Waals surface area contributed by atoms with Crippen LogP contribution in [0, 0.1) is 0 Å². The van der Waals surface area contributed by atoms with Crippen LogP contribution in [0.2, 0.25) is 0 Å². The molecule has 0 radical (unpaired) electrons. The first kappa shape index (κ1) is 10.5. The Morgan fingerprint density at radius 2 is 1.92 bits per heavy atom. The molecule has 13 heavy (non-hydrogen) atoms. The summed E-state index contributed by atoms with van der Waals surface area (Å²) in [6.07, 6.45) is 1.13. The number of hydrogen-bond donors (Lipinski definition) is 1. The van der Waals surface area contributed by atoms with E-state index >= 15 is 0 Å². The highest BCUT2D eigenvalue weighted by atomic mass is 32.1. The third-order valence-corrected chi connectivity index (χ3v) is 2.74. The summed E-state index contributed by atoms with van der Waals surface area (Å²) in [7, 11) is 1.69. The van der Waals surface area contributed by atoms with Crippen LogP contribution in [0.1, 0.15) is 24.8 Å². The van der Waals surface area contributed by atoms with Gasteiger partial charge in [0.05, 0.1) is 7.11 Å². The minimum atomic E-state index is 0.564. The maximum absolute atomic E-state index is 5.10. The van der Waals surface area contributed by atoms with Gasteiger partial charge in [0.2, 0.25) is 0 Å². The van der Waals surface area contributed by atoms with Crippen molar-refractivity contribution in [3.63, 3.8) is 0 Å². The first-order valence-electron chi connectivity index (χ1n) is 4.56. The molecular formula is C11H16OS. The van der Waals surface area contributed by atoms with Gasteiger partial charge in [0, 0.05) is 0 Å². The summed E-state index contributed by atoms with van der Waals surface area (Å²) in [4.78, 5) is 0. The smallest absolute Gasteiger partial charge is 0.118 e. The molecule has 0 saturated heterocycles. The van der Waals surface area contributed by atoms with Gasteiger partial charge >= 0.3 is 0 Å². The van der Waals surface area contributed by atoms with Gasteiger partial charge < -0.3 is 4.74 Å². The summed E-state index contributed by atoms with van der Waals surface area (Å²) >= 11 is 4.32. The summed E-state index contributed by atoms with van der Waals surface area (Å²) in [6.45, 7) is 2.19. The topological polar surface area (TPSA) is 9.23 Å². The molecular weight excluding hydrogens is 180 g/mol. The quantitative estimate of drug-likeness (QED) is 0.728. The van der Waals surface area contributed by atoms with Crippen molar-refractivity contribution in [2.75, 3.05) is 12.9 Å². The summed E-state index contributed by atoms with van der Waals surface area (Å²) in [5, 5.41) is 0. The lowest BCUT2D eigenvalue weighted by Crippen LogP contribution is -1.98. The van der Waals surface area contributed by atoms with E-state index in [1.165, 1.54) is 5.56 Å². The van der Waals surface area contributed by atoms with Crippen molar-refractivity contribution < 1.29 is 4.74 Å². The summed E-state index contributed by atoms with van der Waals surface area (Å²) in [5.74, 6) is 2.38. The van der Waals surface area contributed by atoms with E-state index in [9.17, 15) is 0 Å². The second-order valence-corrected chi connectivity index (χ2v) is 3.43. The van der Waals surface area contributed by atoms with Gasteiger partial charge in [0.15, 0.2) is 0 Å². The van der Waals surface area contributed by atoms with Gasteiger partial charge in [-0.05, 0) is 35.8 Å². The van der Waals surface area contributed by atoms with Crippen molar-refractivity contribution in [2.24, 2.45) is 0 Å². The Kier molecular flexibility index (Phi) is 4.16. The molecule has 0 spiro atoms. The Morgan fingerprint density at radius 1 is 1.31 bits per heavy atom. The van der Waals surface area contributed by atoms with Crippen LogP contribution in [0.15, 0.2) is 24.3 Å². The molecule has 72 valence electrons. The van der Waals surface area contributed by atoms with Crippen LogP contribution >= 0.6 is 12.6 Å². The predicted octanol–water partition coefficient (Wildman–Crippen LogP) is 3.12. The molecule has 0 saturated carbocycles. The van der Waals surface area contributed by atoms with Crippen molar-refractivity contribution in [1.29, 1.82) is 0 Å². The SMILES string of the molecule is CCC(CS)c1ccc(OC)cc1. The minimum Gasteiger partial charge on any atom is -0.497 e. The molecule has 0 heterocycles. The Balaban J connectivity index is 2.78. The van der Waals surface area contributed by atoms with Gasteiger partial charge in [-0.3, -0.25) is 0 Å². The maximum atomic E-state index is 5.10. The standard InChI is InChI=1S/C11H16OS/c1-3-9(8-13)10-4-6-11(12-2)7-5-10/h4-7,9,13H,3,8H2,1-2H3. The number of benzene rings is 1. The van der Waals surface area contributed by atoms with Gasteiger partial charge in [0.1, 0.15) is 5.75 Å². The lowest BCUT2D eigenvalue weighted by Gasteiger charge is -2.12. The maximum Gasteiger partial charge on any atom is 0.118 e. The molecule has 0 bridgehead atoms. The highest BCUT2D eigenvalue weighted by Crippen LogP contribution is 2.22. The number of ether oxygens (including phenoxy) is 1. The number of rotatable bonds is 4. The second kappa shape index (κ2) is 5.18. The van der Waals surface area contributed by atoms with Gasteiger partial charge in [0.25, 0.3) is 0 Å². The zero-order chi connectivity index (χ0) is 9.68. The van der Waals surface area contributed by atoms with E-state index in [4.69, 9.17) is 4.74 Å². The molecule has 1 aromatic rings. The van der Waals surface area contributed by atoms with Crippen LogP contribution in [0.3, 0.4) is 0 Å². The van der Waals surface area contributed by atoms with E-state index in [1.807, 2.05) is 12.1 Å². The lowest BCUT2D eigenvalue weighted by atomic mass is 9.98. The molecule has 2 heteroatoms. The zero-order valence-corrected chi connectivity index (χ0v) is 9.05. The van der Waals surface area contributed by atoms with Gasteiger partial charge in [-0.1, -0.05) is 19.1 Å². The van der Waals surface area contributed by atoms with Gasteiger partial charge in [-0.25, -0.2) is 0 Å². The Bertz CT molecular complexity index is 239. The Labute approximate surface area is 85.5 Å². The normalized spacial score (nSPS) is 12.5. The molecule has 1 unspecified atom stereocenters. The number of methoxy groups -OCH3 is 1. The van der Waals surface area contributed by atoms with Crippen LogP contribution in [0.25, 0.3) is 0 Å². The molecule has 0 N–H and O–H groups in total. The Hall–Kier alpha value is -0.630. The summed E-state index contributed by atoms with van der Waals surface area (Å²) < 4.78 is 5.10. The largest absolute Gasteiger partial charge is 0.497 e.